The van der Waals surface area contributed by atoms with Gasteiger partial charge in [0.2, 0.25) is 7.37 Å². The second-order valence-corrected chi connectivity index (χ2v) is 4.88. The van der Waals surface area contributed by atoms with Gasteiger partial charge in [0.25, 0.3) is 0 Å². The molecule has 0 saturated carbocycles. The van der Waals surface area contributed by atoms with E-state index in [0.29, 0.717) is 12.3 Å². The molecule has 0 aliphatic heterocycles. The van der Waals surface area contributed by atoms with Crippen LogP contribution in [-0.4, -0.2) is 40.3 Å². The molecule has 1 N–H and O–H groups in total. The molecule has 0 aromatic heterocycles. The van der Waals surface area contributed by atoms with E-state index in [1.807, 2.05) is 13.8 Å². The third-order valence-corrected chi connectivity index (χ3v) is 3.44. The van der Waals surface area contributed by atoms with Gasteiger partial charge in [-0.2, -0.15) is 0 Å². The van der Waals surface area contributed by atoms with Crippen LogP contribution in [0, 0.1) is 0 Å². The van der Waals surface area contributed by atoms with Gasteiger partial charge in [0, 0.05) is 12.3 Å². The highest BCUT2D eigenvalue weighted by molar-refractivity contribution is 7.57. The van der Waals surface area contributed by atoms with Crippen LogP contribution >= 0.6 is 7.37 Å². The maximum Gasteiger partial charge on any atom is 0.316 e. The Labute approximate surface area is 79.0 Å². The molecule has 0 aromatic rings. The van der Waals surface area contributed by atoms with Crippen molar-refractivity contribution in [3.63, 3.8) is 0 Å². The van der Waals surface area contributed by atoms with E-state index in [1.165, 1.54) is 0 Å². The molecule has 2 nitrogen and oxygen atoms in total. The molecular weight excluding hydrogens is 159 g/mol. The van der Waals surface area contributed by atoms with Crippen LogP contribution in [0.4, 0.5) is 0 Å². The summed E-state index contributed by atoms with van der Waals surface area (Å²) in [5, 5.41) is 0. The van der Waals surface area contributed by atoms with Gasteiger partial charge in [-0.25, -0.2) is 0 Å². The molecule has 0 atom stereocenters. The second kappa shape index (κ2) is 6.65. The third-order valence-electron chi connectivity index (χ3n) is 1.15. The van der Waals surface area contributed by atoms with E-state index in [-0.39, 0.29) is 23.1 Å². The van der Waals surface area contributed by atoms with Crippen molar-refractivity contribution in [2.45, 2.75) is 26.7 Å². The maximum absolute atomic E-state index is 11.0. The summed E-state index contributed by atoms with van der Waals surface area (Å²) in [6.45, 7) is 3.86. The molecule has 0 amide bonds. The summed E-state index contributed by atoms with van der Waals surface area (Å²) in [7, 11) is -2.69. The van der Waals surface area contributed by atoms with Crippen molar-refractivity contribution < 1.29 is 9.46 Å². The molecule has 0 radical (unpaired) electrons. The molecule has 60 valence electrons. The SMILES string of the molecule is CCCP(=O)(O)CCC.[MgH2]. The average molecular weight is 176 g/mol. The molecule has 4 heteroatoms. The largest absolute Gasteiger partial charge is 0.344 e. The van der Waals surface area contributed by atoms with Crippen molar-refractivity contribution in [3.8, 4) is 0 Å². The first kappa shape index (κ1) is 13.5. The minimum atomic E-state index is -2.69. The zero-order chi connectivity index (χ0) is 7.33. The Kier molecular flexibility index (Phi) is 9.01. The summed E-state index contributed by atoms with van der Waals surface area (Å²) in [5.74, 6) is 0. The standard InChI is InChI=1S/C6H15O2P.Mg.2H/c1-3-5-9(7,8)6-4-2;;;/h3-6H2,1-2H3,(H,7,8);;;. The Balaban J connectivity index is 0. The van der Waals surface area contributed by atoms with E-state index >= 15 is 0 Å². The zero-order valence-corrected chi connectivity index (χ0v) is 7.03. The fourth-order valence-corrected chi connectivity index (χ4v) is 2.43. The van der Waals surface area contributed by atoms with Crippen LogP contribution in [0.1, 0.15) is 26.7 Å². The molecule has 0 unspecified atom stereocenters. The molecule has 0 aliphatic rings. The highest BCUT2D eigenvalue weighted by Gasteiger charge is 2.13. The number of rotatable bonds is 4. The van der Waals surface area contributed by atoms with Crippen molar-refractivity contribution in [1.29, 1.82) is 0 Å². The monoisotopic (exact) mass is 176 g/mol. The van der Waals surface area contributed by atoms with Crippen LogP contribution in [0.15, 0.2) is 0 Å². The molecule has 0 spiro atoms. The second-order valence-electron chi connectivity index (χ2n) is 2.29. The van der Waals surface area contributed by atoms with E-state index in [1.54, 1.807) is 0 Å². The van der Waals surface area contributed by atoms with Crippen molar-refractivity contribution in [3.05, 3.63) is 0 Å². The smallest absolute Gasteiger partial charge is 0.316 e. The summed E-state index contributed by atoms with van der Waals surface area (Å²) in [5.41, 5.74) is 0. The number of hydrogen-bond donors (Lipinski definition) is 1. The zero-order valence-electron chi connectivity index (χ0n) is 6.13. The average Bonchev–Trinajstić information content (AvgIpc) is 1.64. The third kappa shape index (κ3) is 7.07. The first-order chi connectivity index (χ1) is 4.12. The van der Waals surface area contributed by atoms with Gasteiger partial charge in [-0.05, 0) is 12.8 Å². The van der Waals surface area contributed by atoms with Crippen LogP contribution in [0.3, 0.4) is 0 Å². The first-order valence-corrected chi connectivity index (χ1v) is 5.46. The lowest BCUT2D eigenvalue weighted by Gasteiger charge is -2.06. The molecule has 0 aliphatic carbocycles. The van der Waals surface area contributed by atoms with Crippen molar-refractivity contribution in [1.82, 2.24) is 0 Å². The Morgan fingerprint density at radius 2 is 1.50 bits per heavy atom. The molecule has 10 heavy (non-hydrogen) atoms. The fraction of sp³-hybridized carbons (Fsp3) is 1.00. The van der Waals surface area contributed by atoms with E-state index in [4.69, 9.17) is 4.89 Å². The lowest BCUT2D eigenvalue weighted by molar-refractivity contribution is 0.476. The maximum atomic E-state index is 11.0. The quantitative estimate of drug-likeness (QED) is 0.516. The van der Waals surface area contributed by atoms with Crippen molar-refractivity contribution >= 4 is 30.4 Å². The van der Waals surface area contributed by atoms with E-state index in [0.717, 1.165) is 12.8 Å². The number of hydrogen-bond acceptors (Lipinski definition) is 1. The Bertz CT molecular complexity index is 106. The predicted octanol–water partition coefficient (Wildman–Crippen LogP) is 1.16. The summed E-state index contributed by atoms with van der Waals surface area (Å²) >= 11 is 0. The van der Waals surface area contributed by atoms with E-state index < -0.39 is 7.37 Å². The van der Waals surface area contributed by atoms with Crippen molar-refractivity contribution in [2.24, 2.45) is 0 Å². The lowest BCUT2D eigenvalue weighted by atomic mass is 10.6. The lowest BCUT2D eigenvalue weighted by Crippen LogP contribution is -1.91. The minimum absolute atomic E-state index is 0. The summed E-state index contributed by atoms with van der Waals surface area (Å²) < 4.78 is 11.0. The molecular formula is C6H17MgO2P. The van der Waals surface area contributed by atoms with Gasteiger partial charge in [0.1, 0.15) is 0 Å². The molecule has 0 fully saturated rings. The Morgan fingerprint density at radius 1 is 1.20 bits per heavy atom. The van der Waals surface area contributed by atoms with Gasteiger partial charge in [-0.1, -0.05) is 13.8 Å². The predicted molar refractivity (Wildman–Crippen MR) is 48.7 cm³/mol. The highest BCUT2D eigenvalue weighted by atomic mass is 31.2. The van der Waals surface area contributed by atoms with Crippen LogP contribution in [0.5, 0.6) is 0 Å². The molecule has 0 bridgehead atoms. The van der Waals surface area contributed by atoms with Gasteiger partial charge in [-0.3, -0.25) is 4.57 Å². The molecule has 0 saturated heterocycles. The van der Waals surface area contributed by atoms with Gasteiger partial charge < -0.3 is 4.89 Å². The Morgan fingerprint density at radius 3 is 1.70 bits per heavy atom. The van der Waals surface area contributed by atoms with Gasteiger partial charge >= 0.3 is 23.1 Å². The normalized spacial score (nSPS) is 10.7. The fourth-order valence-electron chi connectivity index (χ4n) is 0.811. The van der Waals surface area contributed by atoms with Crippen LogP contribution < -0.4 is 0 Å². The van der Waals surface area contributed by atoms with Crippen LogP contribution in [0.25, 0.3) is 0 Å². The molecule has 0 heterocycles. The summed E-state index contributed by atoms with van der Waals surface area (Å²) in [6, 6.07) is 0. The highest BCUT2D eigenvalue weighted by Crippen LogP contribution is 2.41. The Hall–Kier alpha value is 0.956. The van der Waals surface area contributed by atoms with Crippen LogP contribution in [0.2, 0.25) is 0 Å². The topological polar surface area (TPSA) is 37.3 Å². The van der Waals surface area contributed by atoms with Gasteiger partial charge in [0.15, 0.2) is 0 Å². The van der Waals surface area contributed by atoms with E-state index in [2.05, 4.69) is 0 Å². The minimum Gasteiger partial charge on any atom is -0.344 e. The summed E-state index contributed by atoms with van der Waals surface area (Å²) in [6.07, 6.45) is 2.60. The summed E-state index contributed by atoms with van der Waals surface area (Å²) in [4.78, 5) is 9.07. The van der Waals surface area contributed by atoms with E-state index in [9.17, 15) is 4.57 Å². The van der Waals surface area contributed by atoms with Gasteiger partial charge in [-0.15, -0.1) is 0 Å². The van der Waals surface area contributed by atoms with Gasteiger partial charge in [0.05, 0.1) is 0 Å². The van der Waals surface area contributed by atoms with Crippen LogP contribution in [-0.2, 0) is 4.57 Å². The first-order valence-electron chi connectivity index (χ1n) is 3.43. The molecule has 0 aromatic carbocycles. The van der Waals surface area contributed by atoms with Crippen molar-refractivity contribution in [2.75, 3.05) is 12.3 Å². The molecule has 0 rings (SSSR count).